The van der Waals surface area contributed by atoms with Gasteiger partial charge in [-0.15, -0.1) is 11.8 Å². The fraction of sp³-hybridized carbons (Fsp3) is 0.269. The van der Waals surface area contributed by atoms with Crippen LogP contribution in [0.1, 0.15) is 18.1 Å². The molecule has 0 radical (unpaired) electrons. The molecule has 0 bridgehead atoms. The molecule has 3 aromatic carbocycles. The normalized spacial score (nSPS) is 16.1. The number of thioether (sulfide) groups is 1. The van der Waals surface area contributed by atoms with Crippen LogP contribution in [0.5, 0.6) is 5.75 Å². The molecule has 184 valence electrons. The third kappa shape index (κ3) is 7.48. The van der Waals surface area contributed by atoms with E-state index in [1.165, 1.54) is 5.56 Å². The summed E-state index contributed by atoms with van der Waals surface area (Å²) in [4.78, 5) is 5.61. The molecule has 9 heteroatoms. The van der Waals surface area contributed by atoms with Crippen LogP contribution in [-0.2, 0) is 21.3 Å². The minimum atomic E-state index is -3.62. The first-order valence-electron chi connectivity index (χ1n) is 11.4. The molecule has 1 heterocycles. The molecule has 1 aliphatic heterocycles. The third-order valence-corrected chi connectivity index (χ3v) is 8.01. The van der Waals surface area contributed by atoms with E-state index in [1.807, 2.05) is 30.8 Å². The number of ether oxygens (including phenoxy) is 1. The van der Waals surface area contributed by atoms with Gasteiger partial charge < -0.3 is 14.9 Å². The number of anilines is 1. The average molecular weight is 512 g/mol. The first kappa shape index (κ1) is 25.1. The van der Waals surface area contributed by atoms with Crippen molar-refractivity contribution in [2.45, 2.75) is 23.5 Å². The maximum Gasteiger partial charge on any atom is 0.261 e. The topological polar surface area (TPSA) is 89.0 Å². The van der Waals surface area contributed by atoms with Crippen LogP contribution in [0.15, 0.2) is 88.9 Å². The zero-order valence-corrected chi connectivity index (χ0v) is 21.1. The molecule has 0 aromatic heterocycles. The van der Waals surface area contributed by atoms with Gasteiger partial charge in [0.05, 0.1) is 10.6 Å². The van der Waals surface area contributed by atoms with Crippen molar-refractivity contribution in [3.8, 4) is 5.75 Å². The van der Waals surface area contributed by atoms with Crippen LogP contribution in [0.3, 0.4) is 0 Å². The minimum absolute atomic E-state index is 0.217. The van der Waals surface area contributed by atoms with Crippen molar-refractivity contribution in [3.63, 3.8) is 0 Å². The molecule has 1 unspecified atom stereocenters. The van der Waals surface area contributed by atoms with Gasteiger partial charge in [-0.25, -0.2) is 8.42 Å². The van der Waals surface area contributed by atoms with Gasteiger partial charge in [0.1, 0.15) is 12.4 Å². The van der Waals surface area contributed by atoms with E-state index in [0.717, 1.165) is 30.2 Å². The Labute approximate surface area is 211 Å². The van der Waals surface area contributed by atoms with Crippen molar-refractivity contribution in [2.24, 2.45) is 5.16 Å². The number of rotatable bonds is 11. The Bertz CT molecular complexity index is 1210. The molecule has 1 atom stereocenters. The Hall–Kier alpha value is -3.01. The van der Waals surface area contributed by atoms with Gasteiger partial charge in [-0.1, -0.05) is 47.6 Å². The second-order valence-electron chi connectivity index (χ2n) is 8.09. The Morgan fingerprint density at radius 2 is 1.77 bits per heavy atom. The van der Waals surface area contributed by atoms with E-state index in [0.29, 0.717) is 29.9 Å². The molecule has 7 nitrogen and oxygen atoms in total. The monoisotopic (exact) mass is 511 g/mol. The van der Waals surface area contributed by atoms with Gasteiger partial charge in [0.25, 0.3) is 10.0 Å². The molecule has 35 heavy (non-hydrogen) atoms. The van der Waals surface area contributed by atoms with E-state index in [2.05, 4.69) is 27.3 Å². The summed E-state index contributed by atoms with van der Waals surface area (Å²) < 4.78 is 33.2. The zero-order valence-electron chi connectivity index (χ0n) is 19.5. The summed E-state index contributed by atoms with van der Waals surface area (Å²) in [6.07, 6.45) is 1.06. The van der Waals surface area contributed by atoms with Crippen LogP contribution in [-0.4, -0.2) is 45.0 Å². The van der Waals surface area contributed by atoms with Gasteiger partial charge in [0.15, 0.2) is 6.61 Å². The van der Waals surface area contributed by atoms with E-state index in [9.17, 15) is 8.42 Å². The van der Waals surface area contributed by atoms with E-state index in [4.69, 9.17) is 9.57 Å². The highest BCUT2D eigenvalue weighted by atomic mass is 32.2. The van der Waals surface area contributed by atoms with Crippen molar-refractivity contribution in [2.75, 3.05) is 30.4 Å². The third-order valence-electron chi connectivity index (χ3n) is 5.43. The molecular formula is C26H29N3O4S2. The van der Waals surface area contributed by atoms with Gasteiger partial charge >= 0.3 is 0 Å². The Kier molecular flexibility index (Phi) is 8.68. The fourth-order valence-corrected chi connectivity index (χ4v) is 5.65. The molecule has 0 aliphatic carbocycles. The van der Waals surface area contributed by atoms with Crippen LogP contribution < -0.4 is 14.8 Å². The highest BCUT2D eigenvalue weighted by Crippen LogP contribution is 2.21. The molecule has 4 rings (SSSR count). The fourth-order valence-electron chi connectivity index (χ4n) is 3.56. The smallest absolute Gasteiger partial charge is 0.261 e. The van der Waals surface area contributed by atoms with Crippen molar-refractivity contribution in [1.29, 1.82) is 0 Å². The molecule has 2 N–H and O–H groups in total. The molecule has 1 saturated heterocycles. The van der Waals surface area contributed by atoms with Crippen molar-refractivity contribution in [1.82, 2.24) is 5.32 Å². The number of nitrogens with one attached hydrogen (secondary N) is 2. The molecule has 0 spiro atoms. The lowest BCUT2D eigenvalue weighted by Crippen LogP contribution is -2.14. The van der Waals surface area contributed by atoms with Crippen LogP contribution in [0.2, 0.25) is 0 Å². The predicted octanol–water partition coefficient (Wildman–Crippen LogP) is 4.51. The first-order valence-corrected chi connectivity index (χ1v) is 13.9. The quantitative estimate of drug-likeness (QED) is 0.224. The SMILES string of the molecule is CC(=NOCCOc1ccc(CC2CNCS2)cc1)c1ccc(NS(=O)(=O)c2ccccc2)cc1. The van der Waals surface area contributed by atoms with Gasteiger partial charge in [-0.3, -0.25) is 4.72 Å². The lowest BCUT2D eigenvalue weighted by molar-refractivity contribution is 0.107. The number of hydrogen-bond acceptors (Lipinski definition) is 7. The van der Waals surface area contributed by atoms with Crippen molar-refractivity contribution < 1.29 is 18.0 Å². The molecule has 1 aliphatic rings. The number of benzene rings is 3. The second kappa shape index (κ2) is 12.1. The van der Waals surface area contributed by atoms with Gasteiger partial charge in [-0.05, 0) is 60.9 Å². The van der Waals surface area contributed by atoms with Crippen LogP contribution in [0, 0.1) is 0 Å². The number of oxime groups is 1. The van der Waals surface area contributed by atoms with Crippen LogP contribution in [0.25, 0.3) is 0 Å². The highest BCUT2D eigenvalue weighted by Gasteiger charge is 2.15. The summed E-state index contributed by atoms with van der Waals surface area (Å²) in [6.45, 7) is 3.61. The summed E-state index contributed by atoms with van der Waals surface area (Å²) in [5.41, 5.74) is 3.31. The summed E-state index contributed by atoms with van der Waals surface area (Å²) in [7, 11) is -3.62. The molecule has 1 fully saturated rings. The van der Waals surface area contributed by atoms with Crippen LogP contribution in [0.4, 0.5) is 5.69 Å². The first-order chi connectivity index (χ1) is 17.0. The Morgan fingerprint density at radius 1 is 1.03 bits per heavy atom. The minimum Gasteiger partial charge on any atom is -0.490 e. The van der Waals surface area contributed by atoms with Gasteiger partial charge in [0, 0.05) is 23.4 Å². The molecular weight excluding hydrogens is 482 g/mol. The van der Waals surface area contributed by atoms with E-state index in [1.54, 1.807) is 54.6 Å². The van der Waals surface area contributed by atoms with E-state index in [-0.39, 0.29) is 4.90 Å². The van der Waals surface area contributed by atoms with Crippen molar-refractivity contribution in [3.05, 3.63) is 90.0 Å². The zero-order chi connectivity index (χ0) is 24.5. The Morgan fingerprint density at radius 3 is 2.46 bits per heavy atom. The number of nitrogens with zero attached hydrogens (tertiary/aromatic N) is 1. The maximum absolute atomic E-state index is 12.4. The summed E-state index contributed by atoms with van der Waals surface area (Å²) in [5.74, 6) is 1.85. The summed E-state index contributed by atoms with van der Waals surface area (Å²) in [6, 6.07) is 23.4. The van der Waals surface area contributed by atoms with E-state index >= 15 is 0 Å². The van der Waals surface area contributed by atoms with Crippen molar-refractivity contribution >= 4 is 33.2 Å². The molecule has 3 aromatic rings. The van der Waals surface area contributed by atoms with Gasteiger partial charge in [-0.2, -0.15) is 0 Å². The second-order valence-corrected chi connectivity index (χ2v) is 11.1. The highest BCUT2D eigenvalue weighted by molar-refractivity contribution is 8.00. The van der Waals surface area contributed by atoms with E-state index < -0.39 is 10.0 Å². The van der Waals surface area contributed by atoms with Crippen LogP contribution >= 0.6 is 11.8 Å². The largest absolute Gasteiger partial charge is 0.490 e. The standard InChI is InChI=1S/C26H29N3O4S2/c1-20(22-9-11-23(12-10-22)29-35(30,31)26-5-3-2-4-6-26)28-33-16-15-32-24-13-7-21(8-14-24)17-25-18-27-19-34-25/h2-14,25,27,29H,15-19H2,1H3. The Balaban J connectivity index is 1.20. The lowest BCUT2D eigenvalue weighted by atomic mass is 10.1. The van der Waals surface area contributed by atoms with Gasteiger partial charge in [0.2, 0.25) is 0 Å². The number of sulfonamides is 1. The molecule has 0 amide bonds. The summed E-state index contributed by atoms with van der Waals surface area (Å²) >= 11 is 1.96. The maximum atomic E-state index is 12.4. The average Bonchev–Trinajstić information content (AvgIpc) is 3.38. The lowest BCUT2D eigenvalue weighted by Gasteiger charge is -2.10. The molecule has 0 saturated carbocycles. The number of hydrogen-bond donors (Lipinski definition) is 2. The predicted molar refractivity (Wildman–Crippen MR) is 142 cm³/mol. The summed E-state index contributed by atoms with van der Waals surface area (Å²) in [5, 5.41) is 8.15.